The highest BCUT2D eigenvalue weighted by molar-refractivity contribution is 5.83. The van der Waals surface area contributed by atoms with Gasteiger partial charge >= 0.3 is 0 Å². The summed E-state index contributed by atoms with van der Waals surface area (Å²) in [5.41, 5.74) is 4.40. The summed E-state index contributed by atoms with van der Waals surface area (Å²) in [7, 11) is 0. The molecule has 0 atom stereocenters. The molecule has 0 aliphatic carbocycles. The van der Waals surface area contributed by atoms with E-state index in [0.29, 0.717) is 19.0 Å². The fourth-order valence-electron chi connectivity index (χ4n) is 2.55. The van der Waals surface area contributed by atoms with Gasteiger partial charge in [-0.3, -0.25) is 4.79 Å². The molecule has 1 N–H and O–H groups in total. The van der Waals surface area contributed by atoms with Gasteiger partial charge < -0.3 is 14.2 Å². The Morgan fingerprint density at radius 3 is 2.10 bits per heavy atom. The van der Waals surface area contributed by atoms with Crippen molar-refractivity contribution in [1.82, 2.24) is 5.43 Å². The summed E-state index contributed by atoms with van der Waals surface area (Å²) in [6, 6.07) is 24.5. The van der Waals surface area contributed by atoms with E-state index in [1.165, 1.54) is 0 Å². The van der Waals surface area contributed by atoms with Crippen LogP contribution in [-0.4, -0.2) is 25.3 Å². The molecule has 0 saturated carbocycles. The van der Waals surface area contributed by atoms with Crippen molar-refractivity contribution in [1.29, 1.82) is 0 Å². The Hall–Kier alpha value is -3.80. The highest BCUT2D eigenvalue weighted by Gasteiger charge is 2.02. The van der Waals surface area contributed by atoms with Gasteiger partial charge in [-0.25, -0.2) is 5.43 Å². The predicted molar refractivity (Wildman–Crippen MR) is 116 cm³/mol. The molecule has 0 aromatic heterocycles. The topological polar surface area (TPSA) is 69.2 Å². The molecular formula is C24H24N2O4. The van der Waals surface area contributed by atoms with Gasteiger partial charge in [-0.1, -0.05) is 30.3 Å². The second-order valence-electron chi connectivity index (χ2n) is 6.33. The van der Waals surface area contributed by atoms with E-state index in [1.54, 1.807) is 30.5 Å². The smallest absolute Gasteiger partial charge is 0.277 e. The molecule has 6 heteroatoms. The summed E-state index contributed by atoms with van der Waals surface area (Å²) in [5, 5.41) is 3.95. The Kier molecular flexibility index (Phi) is 7.85. The molecule has 6 nitrogen and oxygen atoms in total. The maximum Gasteiger partial charge on any atom is 0.277 e. The molecule has 0 aliphatic heterocycles. The Labute approximate surface area is 176 Å². The van der Waals surface area contributed by atoms with E-state index in [4.69, 9.17) is 14.2 Å². The average Bonchev–Trinajstić information content (AvgIpc) is 2.79. The first-order valence-electron chi connectivity index (χ1n) is 9.67. The van der Waals surface area contributed by atoms with E-state index in [2.05, 4.69) is 10.5 Å². The number of hydrogen-bond acceptors (Lipinski definition) is 5. The highest BCUT2D eigenvalue weighted by Crippen LogP contribution is 2.17. The van der Waals surface area contributed by atoms with Gasteiger partial charge in [-0.15, -0.1) is 0 Å². The lowest BCUT2D eigenvalue weighted by molar-refractivity contribution is -0.123. The number of amides is 1. The minimum absolute atomic E-state index is 0.127. The minimum Gasteiger partial charge on any atom is -0.494 e. The van der Waals surface area contributed by atoms with E-state index >= 15 is 0 Å². The lowest BCUT2D eigenvalue weighted by Gasteiger charge is -2.07. The van der Waals surface area contributed by atoms with Gasteiger partial charge in [0, 0.05) is 0 Å². The molecular weight excluding hydrogens is 380 g/mol. The summed E-state index contributed by atoms with van der Waals surface area (Å²) in [6.45, 7) is 2.91. The fraction of sp³-hybridized carbons (Fsp3) is 0.167. The van der Waals surface area contributed by atoms with Crippen LogP contribution in [0.25, 0.3) is 0 Å². The number of hydrazone groups is 1. The molecule has 3 aromatic carbocycles. The van der Waals surface area contributed by atoms with E-state index in [-0.39, 0.29) is 12.5 Å². The molecule has 0 spiro atoms. The summed E-state index contributed by atoms with van der Waals surface area (Å²) in [6.07, 6.45) is 1.57. The first kappa shape index (κ1) is 20.9. The Bertz CT molecular complexity index is 939. The molecule has 1 amide bonds. The Balaban J connectivity index is 1.39. The third-order valence-corrected chi connectivity index (χ3v) is 4.04. The van der Waals surface area contributed by atoms with Gasteiger partial charge in [-0.05, 0) is 66.6 Å². The number of carbonyl (C=O) groups excluding carboxylic acids is 1. The van der Waals surface area contributed by atoms with Crippen molar-refractivity contribution in [3.8, 4) is 17.2 Å². The number of nitrogens with zero attached hydrogens (tertiary/aromatic N) is 1. The van der Waals surface area contributed by atoms with Crippen molar-refractivity contribution in [2.45, 2.75) is 13.5 Å². The van der Waals surface area contributed by atoms with Gasteiger partial charge in [-0.2, -0.15) is 5.10 Å². The standard InChI is InChI=1S/C24H24N2O4/c1-2-28-21-12-14-23(15-13-21)30-18-24(27)26-25-16-19-8-10-22(11-9-19)29-17-20-6-4-3-5-7-20/h3-16H,2,17-18H2,1H3,(H,26,27)/b25-16+. The maximum atomic E-state index is 11.9. The summed E-state index contributed by atoms with van der Waals surface area (Å²) in [4.78, 5) is 11.9. The molecule has 0 bridgehead atoms. The second kappa shape index (κ2) is 11.3. The number of hydrogen-bond donors (Lipinski definition) is 1. The van der Waals surface area contributed by atoms with Crippen LogP contribution < -0.4 is 19.6 Å². The second-order valence-corrected chi connectivity index (χ2v) is 6.33. The van der Waals surface area contributed by atoms with Gasteiger partial charge in [0.1, 0.15) is 23.9 Å². The SMILES string of the molecule is CCOc1ccc(OCC(=O)N/N=C/c2ccc(OCc3ccccc3)cc2)cc1. The number of nitrogens with one attached hydrogen (secondary N) is 1. The summed E-state index contributed by atoms with van der Waals surface area (Å²) < 4.78 is 16.5. The minimum atomic E-state index is -0.344. The largest absolute Gasteiger partial charge is 0.494 e. The summed E-state index contributed by atoms with van der Waals surface area (Å²) >= 11 is 0. The van der Waals surface area contributed by atoms with Crippen LogP contribution in [0.5, 0.6) is 17.2 Å². The zero-order valence-corrected chi connectivity index (χ0v) is 16.8. The molecule has 0 fully saturated rings. The third-order valence-electron chi connectivity index (χ3n) is 4.04. The van der Waals surface area contributed by atoms with Crippen LogP contribution in [0.1, 0.15) is 18.1 Å². The number of rotatable bonds is 10. The molecule has 0 radical (unpaired) electrons. The van der Waals surface area contributed by atoms with E-state index in [9.17, 15) is 4.79 Å². The van der Waals surface area contributed by atoms with Gasteiger partial charge in [0.25, 0.3) is 5.91 Å². The quantitative estimate of drug-likeness (QED) is 0.406. The average molecular weight is 404 g/mol. The van der Waals surface area contributed by atoms with Crippen LogP contribution >= 0.6 is 0 Å². The normalized spacial score (nSPS) is 10.6. The Morgan fingerprint density at radius 2 is 1.43 bits per heavy atom. The van der Waals surface area contributed by atoms with Crippen LogP contribution in [0.4, 0.5) is 0 Å². The predicted octanol–water partition coefficient (Wildman–Crippen LogP) is 4.19. The van der Waals surface area contributed by atoms with Crippen molar-refractivity contribution in [3.05, 3.63) is 90.0 Å². The zero-order valence-electron chi connectivity index (χ0n) is 16.8. The van der Waals surface area contributed by atoms with E-state index < -0.39 is 0 Å². The highest BCUT2D eigenvalue weighted by atomic mass is 16.5. The lowest BCUT2D eigenvalue weighted by atomic mass is 10.2. The van der Waals surface area contributed by atoms with Crippen molar-refractivity contribution >= 4 is 12.1 Å². The number of benzene rings is 3. The molecule has 0 unspecified atom stereocenters. The fourth-order valence-corrected chi connectivity index (χ4v) is 2.55. The molecule has 3 aromatic rings. The van der Waals surface area contributed by atoms with Crippen molar-refractivity contribution in [3.63, 3.8) is 0 Å². The monoisotopic (exact) mass is 404 g/mol. The molecule has 0 heterocycles. The summed E-state index contributed by atoms with van der Waals surface area (Å²) in [5.74, 6) is 1.77. The molecule has 3 rings (SSSR count). The van der Waals surface area contributed by atoms with Crippen LogP contribution in [0.2, 0.25) is 0 Å². The molecule has 0 saturated heterocycles. The van der Waals surface area contributed by atoms with Gasteiger partial charge in [0.2, 0.25) is 0 Å². The first-order valence-corrected chi connectivity index (χ1v) is 9.67. The van der Waals surface area contributed by atoms with Crippen LogP contribution in [0.3, 0.4) is 0 Å². The van der Waals surface area contributed by atoms with E-state index in [0.717, 1.165) is 22.6 Å². The van der Waals surface area contributed by atoms with Crippen LogP contribution in [-0.2, 0) is 11.4 Å². The van der Waals surface area contributed by atoms with Gasteiger partial charge in [0.15, 0.2) is 6.61 Å². The third kappa shape index (κ3) is 6.98. The molecule has 154 valence electrons. The zero-order chi connectivity index (χ0) is 21.0. The maximum absolute atomic E-state index is 11.9. The number of ether oxygens (including phenoxy) is 3. The number of carbonyl (C=O) groups is 1. The van der Waals surface area contributed by atoms with Crippen molar-refractivity contribution in [2.24, 2.45) is 5.10 Å². The molecule has 30 heavy (non-hydrogen) atoms. The van der Waals surface area contributed by atoms with E-state index in [1.807, 2.05) is 61.5 Å². The van der Waals surface area contributed by atoms with Gasteiger partial charge in [0.05, 0.1) is 12.8 Å². The van der Waals surface area contributed by atoms with Crippen molar-refractivity contribution < 1.29 is 19.0 Å². The lowest BCUT2D eigenvalue weighted by Crippen LogP contribution is -2.24. The molecule has 0 aliphatic rings. The Morgan fingerprint density at radius 1 is 0.833 bits per heavy atom. The first-order chi connectivity index (χ1) is 14.7. The van der Waals surface area contributed by atoms with Crippen LogP contribution in [0.15, 0.2) is 84.0 Å². The van der Waals surface area contributed by atoms with Crippen molar-refractivity contribution in [2.75, 3.05) is 13.2 Å². The van der Waals surface area contributed by atoms with Crippen LogP contribution in [0, 0.1) is 0 Å².